The second-order valence-corrected chi connectivity index (χ2v) is 3.34. The lowest BCUT2D eigenvalue weighted by molar-refractivity contribution is 0.423. The molecule has 0 aliphatic carbocycles. The number of hydrogen-bond donors (Lipinski definition) is 0. The molecule has 1 aliphatic rings. The average molecular weight is 187 g/mol. The summed E-state index contributed by atoms with van der Waals surface area (Å²) in [5, 5.41) is 1.20. The van der Waals surface area contributed by atoms with E-state index in [4.69, 9.17) is 4.74 Å². The van der Waals surface area contributed by atoms with E-state index < -0.39 is 0 Å². The summed E-state index contributed by atoms with van der Waals surface area (Å²) in [4.78, 5) is 4.18. The number of ether oxygens (including phenoxy) is 1. The van der Waals surface area contributed by atoms with E-state index in [1.807, 2.05) is 30.5 Å². The average Bonchev–Trinajstić information content (AvgIpc) is 3.02. The van der Waals surface area contributed by atoms with Crippen LogP contribution in [0.25, 0.3) is 10.9 Å². The van der Waals surface area contributed by atoms with Gasteiger partial charge in [-0.25, -0.2) is 0 Å². The Kier molecular flexibility index (Phi) is 2.75. The predicted octanol–water partition coefficient (Wildman–Crippen LogP) is 2.64. The summed E-state index contributed by atoms with van der Waals surface area (Å²) in [6.07, 6.45) is 2.39. The van der Waals surface area contributed by atoms with Gasteiger partial charge in [-0.1, -0.05) is 24.3 Å². The highest BCUT2D eigenvalue weighted by atomic mass is 16.6. The fourth-order valence-corrected chi connectivity index (χ4v) is 1.11. The topological polar surface area (TPSA) is 25.4 Å². The Morgan fingerprint density at radius 3 is 2.50 bits per heavy atom. The maximum absolute atomic E-state index is 4.71. The molecule has 3 rings (SSSR count). The van der Waals surface area contributed by atoms with Gasteiger partial charge in [0.2, 0.25) is 0 Å². The van der Waals surface area contributed by atoms with E-state index in [1.54, 1.807) is 0 Å². The summed E-state index contributed by atoms with van der Waals surface area (Å²) in [5.41, 5.74) is 1.06. The molecular formula is C12H13NO. The smallest absolute Gasteiger partial charge is 0.0781 e. The molecule has 1 fully saturated rings. The van der Waals surface area contributed by atoms with Crippen molar-refractivity contribution < 1.29 is 4.74 Å². The Balaban J connectivity index is 0.000000157. The van der Waals surface area contributed by atoms with Crippen LogP contribution in [0.3, 0.4) is 0 Å². The van der Waals surface area contributed by atoms with Gasteiger partial charge in [0, 0.05) is 11.6 Å². The van der Waals surface area contributed by atoms with Crippen LogP contribution in [0.1, 0.15) is 6.92 Å². The van der Waals surface area contributed by atoms with E-state index in [0.29, 0.717) is 6.10 Å². The zero-order valence-electron chi connectivity index (χ0n) is 8.18. The molecule has 0 amide bonds. The molecule has 1 aliphatic heterocycles. The SMILES string of the molecule is CC1CO1.c1ccc2ncccc2c1. The number of fused-ring (bicyclic) bond motifs is 1. The molecule has 2 nitrogen and oxygen atoms in total. The first-order valence-corrected chi connectivity index (χ1v) is 4.77. The van der Waals surface area contributed by atoms with Crippen LogP contribution < -0.4 is 0 Å². The monoisotopic (exact) mass is 187 g/mol. The van der Waals surface area contributed by atoms with Gasteiger partial charge in [-0.3, -0.25) is 4.98 Å². The first-order valence-electron chi connectivity index (χ1n) is 4.77. The van der Waals surface area contributed by atoms with E-state index in [9.17, 15) is 0 Å². The first kappa shape index (κ1) is 9.16. The van der Waals surface area contributed by atoms with Crippen LogP contribution in [-0.2, 0) is 4.74 Å². The number of hydrogen-bond acceptors (Lipinski definition) is 2. The Morgan fingerprint density at radius 2 is 1.86 bits per heavy atom. The zero-order valence-corrected chi connectivity index (χ0v) is 8.18. The highest BCUT2D eigenvalue weighted by Gasteiger charge is 2.13. The maximum Gasteiger partial charge on any atom is 0.0781 e. The maximum atomic E-state index is 4.71. The van der Waals surface area contributed by atoms with Gasteiger partial charge in [0.05, 0.1) is 18.2 Å². The molecule has 1 aromatic carbocycles. The van der Waals surface area contributed by atoms with Crippen LogP contribution in [-0.4, -0.2) is 17.7 Å². The molecule has 1 unspecified atom stereocenters. The third-order valence-corrected chi connectivity index (χ3v) is 2.01. The zero-order chi connectivity index (χ0) is 9.80. The molecule has 1 atom stereocenters. The fraction of sp³-hybridized carbons (Fsp3) is 0.250. The summed E-state index contributed by atoms with van der Waals surface area (Å²) in [5.74, 6) is 0. The molecule has 1 saturated heterocycles. The minimum atomic E-state index is 0.583. The van der Waals surface area contributed by atoms with Gasteiger partial charge in [-0.2, -0.15) is 0 Å². The molecule has 2 aromatic rings. The third kappa shape index (κ3) is 2.54. The second-order valence-electron chi connectivity index (χ2n) is 3.34. The summed E-state index contributed by atoms with van der Waals surface area (Å²) in [6.45, 7) is 3.04. The van der Waals surface area contributed by atoms with Gasteiger partial charge >= 0.3 is 0 Å². The van der Waals surface area contributed by atoms with Gasteiger partial charge in [-0.05, 0) is 19.1 Å². The van der Waals surface area contributed by atoms with E-state index in [0.717, 1.165) is 12.1 Å². The van der Waals surface area contributed by atoms with Crippen molar-refractivity contribution in [2.75, 3.05) is 6.61 Å². The van der Waals surface area contributed by atoms with Crippen molar-refractivity contribution in [3.05, 3.63) is 42.6 Å². The molecule has 2 heterocycles. The Morgan fingerprint density at radius 1 is 1.21 bits per heavy atom. The van der Waals surface area contributed by atoms with Crippen molar-refractivity contribution in [3.63, 3.8) is 0 Å². The Bertz CT molecular complexity index is 344. The molecule has 14 heavy (non-hydrogen) atoms. The highest BCUT2D eigenvalue weighted by Crippen LogP contribution is 2.07. The third-order valence-electron chi connectivity index (χ3n) is 2.01. The van der Waals surface area contributed by atoms with Crippen LogP contribution in [0.4, 0.5) is 0 Å². The van der Waals surface area contributed by atoms with Gasteiger partial charge < -0.3 is 4.74 Å². The number of nitrogens with zero attached hydrogens (tertiary/aromatic N) is 1. The van der Waals surface area contributed by atoms with Crippen molar-refractivity contribution in [2.24, 2.45) is 0 Å². The molecule has 2 heteroatoms. The lowest BCUT2D eigenvalue weighted by atomic mass is 10.2. The minimum Gasteiger partial charge on any atom is -0.373 e. The van der Waals surface area contributed by atoms with Crippen LogP contribution in [0.2, 0.25) is 0 Å². The normalized spacial score (nSPS) is 18.5. The van der Waals surface area contributed by atoms with E-state index in [-0.39, 0.29) is 0 Å². The summed E-state index contributed by atoms with van der Waals surface area (Å²) in [7, 11) is 0. The molecule has 1 aromatic heterocycles. The quantitative estimate of drug-likeness (QED) is 0.592. The number of benzene rings is 1. The van der Waals surface area contributed by atoms with E-state index in [2.05, 4.69) is 24.0 Å². The lowest BCUT2D eigenvalue weighted by Crippen LogP contribution is -1.73. The number of para-hydroxylation sites is 1. The Hall–Kier alpha value is -1.41. The largest absolute Gasteiger partial charge is 0.373 e. The van der Waals surface area contributed by atoms with Crippen molar-refractivity contribution in [1.82, 2.24) is 4.98 Å². The van der Waals surface area contributed by atoms with Gasteiger partial charge in [0.15, 0.2) is 0 Å². The highest BCUT2D eigenvalue weighted by molar-refractivity contribution is 5.77. The molecule has 72 valence electrons. The second kappa shape index (κ2) is 4.20. The molecule has 0 radical (unpaired) electrons. The first-order chi connectivity index (χ1) is 6.86. The van der Waals surface area contributed by atoms with Crippen molar-refractivity contribution in [3.8, 4) is 0 Å². The number of aromatic nitrogens is 1. The minimum absolute atomic E-state index is 0.583. The van der Waals surface area contributed by atoms with Gasteiger partial charge in [0.25, 0.3) is 0 Å². The molecule has 0 spiro atoms. The van der Waals surface area contributed by atoms with Crippen molar-refractivity contribution >= 4 is 10.9 Å². The van der Waals surface area contributed by atoms with Gasteiger partial charge in [0.1, 0.15) is 0 Å². The van der Waals surface area contributed by atoms with Crippen LogP contribution in [0.5, 0.6) is 0 Å². The van der Waals surface area contributed by atoms with Gasteiger partial charge in [-0.15, -0.1) is 0 Å². The van der Waals surface area contributed by atoms with Crippen molar-refractivity contribution in [1.29, 1.82) is 0 Å². The number of pyridine rings is 1. The summed E-state index contributed by atoms with van der Waals surface area (Å²) < 4.78 is 4.71. The van der Waals surface area contributed by atoms with Crippen LogP contribution in [0, 0.1) is 0 Å². The predicted molar refractivity (Wildman–Crippen MR) is 57.2 cm³/mol. The molecular weight excluding hydrogens is 174 g/mol. The summed E-state index contributed by atoms with van der Waals surface area (Å²) >= 11 is 0. The van der Waals surface area contributed by atoms with E-state index in [1.165, 1.54) is 5.39 Å². The van der Waals surface area contributed by atoms with Crippen molar-refractivity contribution in [2.45, 2.75) is 13.0 Å². The fourth-order valence-electron chi connectivity index (χ4n) is 1.11. The Labute approximate surface area is 83.5 Å². The molecule has 0 N–H and O–H groups in total. The number of epoxide rings is 1. The standard InChI is InChI=1S/C9H7N.C3H6O/c1-2-6-9-8(4-1)5-3-7-10-9;1-3-2-4-3/h1-7H;3H,2H2,1H3. The van der Waals surface area contributed by atoms with E-state index >= 15 is 0 Å². The summed E-state index contributed by atoms with van der Waals surface area (Å²) in [6, 6.07) is 12.1. The van der Waals surface area contributed by atoms with Crippen LogP contribution in [0.15, 0.2) is 42.6 Å². The number of rotatable bonds is 0. The molecule has 0 bridgehead atoms. The van der Waals surface area contributed by atoms with Crippen LogP contribution >= 0.6 is 0 Å². The molecule has 0 saturated carbocycles. The lowest BCUT2D eigenvalue weighted by Gasteiger charge is -1.91.